The van der Waals surface area contributed by atoms with Gasteiger partial charge >= 0.3 is 17.9 Å². The van der Waals surface area contributed by atoms with Crippen LogP contribution in [0.25, 0.3) is 0 Å². The summed E-state index contributed by atoms with van der Waals surface area (Å²) in [5.41, 5.74) is 0. The van der Waals surface area contributed by atoms with Crippen molar-refractivity contribution in [1.29, 1.82) is 0 Å². The van der Waals surface area contributed by atoms with E-state index in [4.69, 9.17) is 5.11 Å². The van der Waals surface area contributed by atoms with Crippen LogP contribution in [-0.4, -0.2) is 116 Å². The number of amides is 6. The molecule has 50 heavy (non-hydrogen) atoms. The van der Waals surface area contributed by atoms with Crippen LogP contribution in [0.5, 0.6) is 0 Å². The number of carbonyl (C=O) groups is 9. The molecule has 0 unspecified atom stereocenters. The van der Waals surface area contributed by atoms with Gasteiger partial charge in [0, 0.05) is 13.5 Å². The molecule has 1 rings (SSSR count). The topological polar surface area (TPSA) is 278 Å². The zero-order valence-corrected chi connectivity index (χ0v) is 29.6. The Kier molecular flexibility index (Phi) is 17.3. The van der Waals surface area contributed by atoms with Gasteiger partial charge in [-0.05, 0) is 30.6 Å². The molecule has 0 aliphatic carbocycles. The van der Waals surface area contributed by atoms with Gasteiger partial charge in [0.05, 0.1) is 12.8 Å². The van der Waals surface area contributed by atoms with Crippen molar-refractivity contribution in [2.45, 2.75) is 123 Å². The lowest BCUT2D eigenvalue weighted by molar-refractivity contribution is -0.146. The van der Waals surface area contributed by atoms with Crippen LogP contribution in [-0.2, 0) is 43.2 Å². The second kappa shape index (κ2) is 20.0. The van der Waals surface area contributed by atoms with Crippen molar-refractivity contribution in [2.24, 2.45) is 17.8 Å². The predicted molar refractivity (Wildman–Crippen MR) is 176 cm³/mol. The molecule has 0 spiro atoms. The number of carboxylic acid groups (broad SMARTS) is 3. The van der Waals surface area contributed by atoms with Crippen LogP contribution in [0, 0.1) is 17.8 Å². The van der Waals surface area contributed by atoms with E-state index in [9.17, 15) is 53.4 Å². The van der Waals surface area contributed by atoms with Gasteiger partial charge < -0.3 is 46.8 Å². The van der Waals surface area contributed by atoms with Gasteiger partial charge in [-0.1, -0.05) is 54.4 Å². The Labute approximate surface area is 290 Å². The summed E-state index contributed by atoms with van der Waals surface area (Å²) in [6.45, 7) is 11.4. The van der Waals surface area contributed by atoms with Crippen molar-refractivity contribution in [2.75, 3.05) is 6.54 Å². The highest BCUT2D eigenvalue weighted by Crippen LogP contribution is 2.22. The summed E-state index contributed by atoms with van der Waals surface area (Å²) in [6, 6.07) is -8.03. The Morgan fingerprint density at radius 2 is 1.14 bits per heavy atom. The molecule has 18 nitrogen and oxygen atoms in total. The molecule has 1 heterocycles. The predicted octanol–water partition coefficient (Wildman–Crippen LogP) is -0.796. The Morgan fingerprint density at radius 3 is 1.60 bits per heavy atom. The number of aliphatic carboxylic acids is 3. The molecule has 1 aliphatic heterocycles. The minimum Gasteiger partial charge on any atom is -0.481 e. The van der Waals surface area contributed by atoms with Crippen LogP contribution in [0.3, 0.4) is 0 Å². The van der Waals surface area contributed by atoms with Crippen LogP contribution >= 0.6 is 0 Å². The van der Waals surface area contributed by atoms with Gasteiger partial charge in [0.25, 0.3) is 0 Å². The molecule has 282 valence electrons. The fourth-order valence-electron chi connectivity index (χ4n) is 5.41. The largest absolute Gasteiger partial charge is 0.481 e. The van der Waals surface area contributed by atoms with Crippen LogP contribution < -0.4 is 26.6 Å². The molecule has 8 atom stereocenters. The molecule has 0 aromatic heterocycles. The number of hydrogen-bond acceptors (Lipinski definition) is 9. The molecule has 0 aromatic rings. The van der Waals surface area contributed by atoms with E-state index < -0.39 is 114 Å². The molecular formula is C32H52N6O12. The van der Waals surface area contributed by atoms with Crippen LogP contribution in [0.2, 0.25) is 0 Å². The van der Waals surface area contributed by atoms with E-state index in [0.717, 1.165) is 6.92 Å². The summed E-state index contributed by atoms with van der Waals surface area (Å²) in [4.78, 5) is 114. The molecular weight excluding hydrogens is 660 g/mol. The Bertz CT molecular complexity index is 1270. The van der Waals surface area contributed by atoms with E-state index in [-0.39, 0.29) is 18.9 Å². The Morgan fingerprint density at radius 1 is 0.660 bits per heavy atom. The first-order valence-electron chi connectivity index (χ1n) is 16.7. The van der Waals surface area contributed by atoms with Crippen molar-refractivity contribution < 1.29 is 58.5 Å². The first-order chi connectivity index (χ1) is 23.2. The normalized spacial score (nSPS) is 18.3. The lowest BCUT2D eigenvalue weighted by Gasteiger charge is -2.33. The molecule has 1 saturated heterocycles. The minimum absolute atomic E-state index is 0.181. The minimum atomic E-state index is -1.78. The second-order valence-corrected chi connectivity index (χ2v) is 13.0. The maximum Gasteiger partial charge on any atom is 0.326 e. The van der Waals surface area contributed by atoms with Gasteiger partial charge in [0.1, 0.15) is 36.3 Å². The van der Waals surface area contributed by atoms with E-state index in [0.29, 0.717) is 19.3 Å². The maximum atomic E-state index is 13.8. The molecule has 6 amide bonds. The molecule has 1 fully saturated rings. The third kappa shape index (κ3) is 12.9. The molecule has 1 aliphatic rings. The number of rotatable bonds is 20. The Hall–Kier alpha value is -4.77. The number of nitrogens with one attached hydrogen (secondary N) is 5. The summed E-state index contributed by atoms with van der Waals surface area (Å²) in [5.74, 6) is -10.6. The van der Waals surface area contributed by atoms with Gasteiger partial charge in [-0.3, -0.25) is 38.4 Å². The van der Waals surface area contributed by atoms with E-state index in [2.05, 4.69) is 26.6 Å². The van der Waals surface area contributed by atoms with E-state index in [1.54, 1.807) is 41.5 Å². The summed E-state index contributed by atoms with van der Waals surface area (Å²) in [6.07, 6.45) is -0.231. The quantitative estimate of drug-likeness (QED) is 0.0771. The smallest absolute Gasteiger partial charge is 0.326 e. The molecule has 0 saturated carbocycles. The van der Waals surface area contributed by atoms with Crippen LogP contribution in [0.1, 0.15) is 87.0 Å². The first kappa shape index (κ1) is 43.3. The highest BCUT2D eigenvalue weighted by molar-refractivity contribution is 5.98. The van der Waals surface area contributed by atoms with Crippen LogP contribution in [0.15, 0.2) is 0 Å². The zero-order valence-electron chi connectivity index (χ0n) is 29.6. The molecule has 0 aromatic carbocycles. The van der Waals surface area contributed by atoms with Gasteiger partial charge in [-0.2, -0.15) is 0 Å². The number of nitrogens with zero attached hydrogens (tertiary/aromatic N) is 1. The van der Waals surface area contributed by atoms with Crippen molar-refractivity contribution in [1.82, 2.24) is 31.5 Å². The Balaban J connectivity index is 3.25. The molecule has 18 heteroatoms. The van der Waals surface area contributed by atoms with Gasteiger partial charge in [0.2, 0.25) is 35.4 Å². The summed E-state index contributed by atoms with van der Waals surface area (Å²) in [7, 11) is 0. The number of carboxylic acids is 3. The fourth-order valence-corrected chi connectivity index (χ4v) is 5.41. The maximum absolute atomic E-state index is 13.8. The van der Waals surface area contributed by atoms with Crippen LogP contribution in [0.4, 0.5) is 0 Å². The lowest BCUT2D eigenvalue weighted by Crippen LogP contribution is -2.61. The lowest BCUT2D eigenvalue weighted by atomic mass is 9.95. The summed E-state index contributed by atoms with van der Waals surface area (Å²) < 4.78 is 0. The average molecular weight is 713 g/mol. The van der Waals surface area contributed by atoms with Crippen molar-refractivity contribution in [3.05, 3.63) is 0 Å². The first-order valence-corrected chi connectivity index (χ1v) is 16.7. The van der Waals surface area contributed by atoms with Gasteiger partial charge in [-0.15, -0.1) is 0 Å². The fraction of sp³-hybridized carbons (Fsp3) is 0.719. The monoisotopic (exact) mass is 712 g/mol. The third-order valence-corrected chi connectivity index (χ3v) is 8.72. The summed E-state index contributed by atoms with van der Waals surface area (Å²) in [5, 5.41) is 40.1. The van der Waals surface area contributed by atoms with Crippen molar-refractivity contribution in [3.63, 3.8) is 0 Å². The third-order valence-electron chi connectivity index (χ3n) is 8.72. The van der Waals surface area contributed by atoms with E-state index >= 15 is 0 Å². The SMILES string of the molecule is CC[C@@H](C)[C@H](NC(=O)[C@@H]1CCCN1C(=O)[C@@H](NC(=O)[C@@H](NC(=O)[C@H](CC(=O)O)NC(=O)[C@H](CC(=O)O)NC(C)=O)[C@@H](C)CC)C(C)C)C(=O)O. The number of likely N-dealkylation sites (tertiary alicyclic amines) is 1. The standard InChI is InChI=1S/C32H52N6O12/c1-8-16(5)25(36-28(45)20(14-23(42)43)34-27(44)19(13-22(40)41)33-18(7)39)30(47)35-24(15(3)4)31(48)38-12-10-11-21(38)29(46)37-26(32(49)50)17(6)9-2/h15-17,19-21,24-26H,8-14H2,1-7H3,(H,33,39)(H,34,44)(H,35,47)(H,36,45)(H,37,46)(H,40,41)(H,42,43)(H,49,50)/t16-,17+,19-,20-,21-,24-,25-,26-/m0/s1. The van der Waals surface area contributed by atoms with E-state index in [1.807, 2.05) is 0 Å². The number of hydrogen-bond donors (Lipinski definition) is 8. The van der Waals surface area contributed by atoms with Gasteiger partial charge in [0.15, 0.2) is 0 Å². The zero-order chi connectivity index (χ0) is 38.5. The molecule has 8 N–H and O–H groups in total. The highest BCUT2D eigenvalue weighted by atomic mass is 16.4. The van der Waals surface area contributed by atoms with Crippen molar-refractivity contribution >= 4 is 53.4 Å². The second-order valence-electron chi connectivity index (χ2n) is 13.0. The summed E-state index contributed by atoms with van der Waals surface area (Å²) >= 11 is 0. The van der Waals surface area contributed by atoms with E-state index in [1.165, 1.54) is 4.90 Å². The molecule has 0 bridgehead atoms. The van der Waals surface area contributed by atoms with Crippen molar-refractivity contribution in [3.8, 4) is 0 Å². The average Bonchev–Trinajstić information content (AvgIpc) is 3.52. The van der Waals surface area contributed by atoms with Gasteiger partial charge in [-0.25, -0.2) is 4.79 Å². The molecule has 0 radical (unpaired) electrons. The number of carbonyl (C=O) groups excluding carboxylic acids is 6. The highest BCUT2D eigenvalue weighted by Gasteiger charge is 2.41.